The summed E-state index contributed by atoms with van der Waals surface area (Å²) < 4.78 is 24.0. The second-order valence-electron chi connectivity index (χ2n) is 0.201. The summed E-state index contributed by atoms with van der Waals surface area (Å²) in [5.74, 6) is 0. The van der Waals surface area contributed by atoms with E-state index in [1.807, 2.05) is 0 Å². The Bertz CT molecular complexity index is 11.6. The molecular formula is HClO3Ti. The summed E-state index contributed by atoms with van der Waals surface area (Å²) >= 11 is 0. The third-order valence-electron chi connectivity index (χ3n) is 0. The van der Waals surface area contributed by atoms with Crippen molar-refractivity contribution in [3.8, 4) is 0 Å². The first kappa shape index (κ1) is 9.30. The van der Waals surface area contributed by atoms with Crippen molar-refractivity contribution in [3.05, 3.63) is 0 Å². The SMILES string of the molecule is [O-][Cl+2]([O-])O.[Ti]. The van der Waals surface area contributed by atoms with E-state index in [1.165, 1.54) is 0 Å². The van der Waals surface area contributed by atoms with Crippen molar-refractivity contribution in [1.82, 2.24) is 0 Å². The molecule has 0 aliphatic carbocycles. The number of rotatable bonds is 0. The zero-order valence-electron chi connectivity index (χ0n) is 2.14. The van der Waals surface area contributed by atoms with Crippen LogP contribution in [-0.4, -0.2) is 4.66 Å². The summed E-state index contributed by atoms with van der Waals surface area (Å²) in [4.78, 5) is 0. The fraction of sp³-hybridized carbons (Fsp3) is 0. The van der Waals surface area contributed by atoms with Gasteiger partial charge >= 0.3 is 0 Å². The van der Waals surface area contributed by atoms with Crippen molar-refractivity contribution in [2.45, 2.75) is 0 Å². The van der Waals surface area contributed by atoms with Gasteiger partial charge in [0.1, 0.15) is 0 Å². The molecule has 0 aliphatic heterocycles. The predicted octanol–water partition coefficient (Wildman–Crippen LogP) is -2.94. The van der Waals surface area contributed by atoms with Gasteiger partial charge in [-0.05, 0) is 0 Å². The molecule has 5 heavy (non-hydrogen) atoms. The van der Waals surface area contributed by atoms with Gasteiger partial charge in [-0.3, -0.25) is 0 Å². The average molecular weight is 132 g/mol. The minimum absolute atomic E-state index is 0. The maximum atomic E-state index is 8.52. The van der Waals surface area contributed by atoms with Crippen molar-refractivity contribution < 1.29 is 46.5 Å². The fourth-order valence-corrected chi connectivity index (χ4v) is 0. The Morgan fingerprint density at radius 1 is 1.40 bits per heavy atom. The molecule has 0 saturated heterocycles. The molecular weight excluding hydrogens is 131 g/mol. The molecule has 3 nitrogen and oxygen atoms in total. The Labute approximate surface area is 46.9 Å². The molecule has 0 aromatic carbocycles. The van der Waals surface area contributed by atoms with Gasteiger partial charge in [-0.2, -0.15) is 0 Å². The second-order valence-corrected chi connectivity index (χ2v) is 0.603. The Morgan fingerprint density at radius 3 is 1.40 bits per heavy atom. The Morgan fingerprint density at radius 2 is 1.40 bits per heavy atom. The Hall–Kier alpha value is 0.884. The van der Waals surface area contributed by atoms with E-state index in [1.54, 1.807) is 0 Å². The fourth-order valence-electron chi connectivity index (χ4n) is 0. The van der Waals surface area contributed by atoms with E-state index >= 15 is 0 Å². The molecule has 0 aromatic rings. The van der Waals surface area contributed by atoms with Crippen LogP contribution in [0.5, 0.6) is 0 Å². The Balaban J connectivity index is 0. The molecule has 0 saturated carbocycles. The molecule has 0 aliphatic rings. The van der Waals surface area contributed by atoms with Crippen LogP contribution in [0, 0.1) is 10.8 Å². The van der Waals surface area contributed by atoms with Gasteiger partial charge in [0.15, 0.2) is 0 Å². The first-order valence-corrected chi connectivity index (χ1v) is 1.43. The van der Waals surface area contributed by atoms with Crippen LogP contribution in [-0.2, 0) is 21.7 Å². The van der Waals surface area contributed by atoms with Crippen LogP contribution in [0.3, 0.4) is 0 Å². The normalized spacial score (nSPS) is 7.20. The minimum atomic E-state index is -2.60. The first-order chi connectivity index (χ1) is 1.73. The van der Waals surface area contributed by atoms with E-state index in [-0.39, 0.29) is 21.7 Å². The molecule has 0 bridgehead atoms. The molecule has 0 radical (unpaired) electrons. The van der Waals surface area contributed by atoms with E-state index < -0.39 is 10.8 Å². The maximum absolute atomic E-state index is 8.52. The molecule has 0 spiro atoms. The van der Waals surface area contributed by atoms with Gasteiger partial charge in [0.2, 0.25) is 0 Å². The zero-order valence-corrected chi connectivity index (χ0v) is 4.46. The van der Waals surface area contributed by atoms with E-state index in [9.17, 15) is 0 Å². The quantitative estimate of drug-likeness (QED) is 0.359. The summed E-state index contributed by atoms with van der Waals surface area (Å²) in [5, 5.41) is 0. The molecule has 0 aromatic heterocycles. The monoisotopic (exact) mass is 132 g/mol. The molecule has 1 N–H and O–H groups in total. The largest absolute Gasteiger partial charge is 0.321 e. The van der Waals surface area contributed by atoms with Crippen LogP contribution in [0.25, 0.3) is 0 Å². The second kappa shape index (κ2) is 4.88. The summed E-state index contributed by atoms with van der Waals surface area (Å²) in [6.07, 6.45) is 0. The number of halogens is 1. The van der Waals surface area contributed by atoms with Crippen LogP contribution in [0.2, 0.25) is 0 Å². The van der Waals surface area contributed by atoms with Crippen molar-refractivity contribution in [1.29, 1.82) is 0 Å². The van der Waals surface area contributed by atoms with Gasteiger partial charge in [-0.15, -0.1) is 0 Å². The number of hydrogen-bond donors (Lipinski definition) is 1. The topological polar surface area (TPSA) is 66.3 Å². The van der Waals surface area contributed by atoms with E-state index in [0.29, 0.717) is 0 Å². The third kappa shape index (κ3) is 52.0. The maximum Gasteiger partial charge on any atom is 0.282 e. The molecule has 0 amide bonds. The van der Waals surface area contributed by atoms with Crippen molar-refractivity contribution in [3.63, 3.8) is 0 Å². The predicted molar refractivity (Wildman–Crippen MR) is 2.22 cm³/mol. The number of hydrogen-bond acceptors (Lipinski definition) is 3. The summed E-state index contributed by atoms with van der Waals surface area (Å²) in [5.41, 5.74) is 0. The van der Waals surface area contributed by atoms with Gasteiger partial charge in [0.25, 0.3) is 10.8 Å². The summed E-state index contributed by atoms with van der Waals surface area (Å²) in [7, 11) is -2.60. The van der Waals surface area contributed by atoms with E-state index in [2.05, 4.69) is 0 Å². The first-order valence-electron chi connectivity index (χ1n) is 0.478. The van der Waals surface area contributed by atoms with Crippen molar-refractivity contribution in [2.75, 3.05) is 0 Å². The molecule has 0 heterocycles. The molecule has 30 valence electrons. The van der Waals surface area contributed by atoms with Crippen molar-refractivity contribution in [2.24, 2.45) is 0 Å². The van der Waals surface area contributed by atoms with Crippen LogP contribution < -0.4 is 9.32 Å². The van der Waals surface area contributed by atoms with Gasteiger partial charge in [0, 0.05) is 26.4 Å². The van der Waals surface area contributed by atoms with Crippen molar-refractivity contribution >= 4 is 0 Å². The zero-order chi connectivity index (χ0) is 3.58. The average Bonchev–Trinajstić information content (AvgIpc) is 0.811. The van der Waals surface area contributed by atoms with Gasteiger partial charge in [-0.1, -0.05) is 0 Å². The van der Waals surface area contributed by atoms with E-state index in [4.69, 9.17) is 14.0 Å². The van der Waals surface area contributed by atoms with Crippen LogP contribution >= 0.6 is 0 Å². The van der Waals surface area contributed by atoms with Gasteiger partial charge in [0.05, 0.1) is 0 Å². The van der Waals surface area contributed by atoms with Crippen LogP contribution in [0.4, 0.5) is 0 Å². The minimum Gasteiger partial charge on any atom is -0.321 e. The molecule has 5 heteroatoms. The Kier molecular flexibility index (Phi) is 9.09. The molecule has 0 fully saturated rings. The summed E-state index contributed by atoms with van der Waals surface area (Å²) in [6, 6.07) is 0. The standard InChI is InChI=1S/ClHO3.Ti/c2-1(3)4;/h2H;. The van der Waals surface area contributed by atoms with E-state index in [0.717, 1.165) is 0 Å². The van der Waals surface area contributed by atoms with Gasteiger partial charge in [-0.25, -0.2) is 0 Å². The smallest absolute Gasteiger partial charge is 0.282 e. The third-order valence-corrected chi connectivity index (χ3v) is 0. The molecule has 0 rings (SSSR count). The summed E-state index contributed by atoms with van der Waals surface area (Å²) in [6.45, 7) is 0. The van der Waals surface area contributed by atoms with Crippen LogP contribution in [0.1, 0.15) is 0 Å². The van der Waals surface area contributed by atoms with Gasteiger partial charge < -0.3 is 9.32 Å². The molecule has 0 atom stereocenters. The van der Waals surface area contributed by atoms with Crippen LogP contribution in [0.15, 0.2) is 0 Å². The molecule has 0 unspecified atom stereocenters.